The van der Waals surface area contributed by atoms with Gasteiger partial charge < -0.3 is 9.13 Å². The summed E-state index contributed by atoms with van der Waals surface area (Å²) in [4.78, 5) is 0. The molecule has 5 nitrogen and oxygen atoms in total. The van der Waals surface area contributed by atoms with Crippen LogP contribution in [0.25, 0.3) is 77.2 Å². The first-order chi connectivity index (χ1) is 24.7. The van der Waals surface area contributed by atoms with Crippen molar-refractivity contribution in [3.05, 3.63) is 168 Å². The quantitative estimate of drug-likeness (QED) is 0.193. The smallest absolute Gasteiger partial charge is 0.101 e. The van der Waals surface area contributed by atoms with E-state index in [9.17, 15) is 15.8 Å². The van der Waals surface area contributed by atoms with Crippen LogP contribution >= 0.6 is 0 Å². The Bertz CT molecular complexity index is 2900. The van der Waals surface area contributed by atoms with Crippen molar-refractivity contribution in [3.8, 4) is 51.8 Å². The van der Waals surface area contributed by atoms with E-state index in [2.05, 4.69) is 124 Å². The van der Waals surface area contributed by atoms with Gasteiger partial charge in [0.15, 0.2) is 0 Å². The number of rotatable bonds is 4. The number of hydrogen-bond acceptors (Lipinski definition) is 3. The van der Waals surface area contributed by atoms with Crippen LogP contribution in [0.3, 0.4) is 0 Å². The molecule has 0 spiro atoms. The normalized spacial score (nSPS) is 11.1. The van der Waals surface area contributed by atoms with Gasteiger partial charge in [-0.15, -0.1) is 0 Å². The fourth-order valence-electron chi connectivity index (χ4n) is 7.38. The first-order valence-corrected chi connectivity index (χ1v) is 16.3. The molecule has 50 heavy (non-hydrogen) atoms. The molecule has 0 radical (unpaired) electrons. The lowest BCUT2D eigenvalue weighted by atomic mass is 9.97. The van der Waals surface area contributed by atoms with E-state index in [-0.39, 0.29) is 0 Å². The monoisotopic (exact) mass is 635 g/mol. The molecular formula is C45H25N5. The Kier molecular flexibility index (Phi) is 6.56. The van der Waals surface area contributed by atoms with Crippen molar-refractivity contribution in [1.82, 2.24) is 9.13 Å². The van der Waals surface area contributed by atoms with Gasteiger partial charge in [0.05, 0.1) is 56.6 Å². The summed E-state index contributed by atoms with van der Waals surface area (Å²) in [5, 5.41) is 34.0. The second-order valence-corrected chi connectivity index (χ2v) is 12.3. The van der Waals surface area contributed by atoms with E-state index in [0.717, 1.165) is 55.4 Å². The topological polar surface area (TPSA) is 81.2 Å². The van der Waals surface area contributed by atoms with Gasteiger partial charge in [-0.3, -0.25) is 0 Å². The molecule has 9 rings (SSSR count). The van der Waals surface area contributed by atoms with Crippen LogP contribution in [-0.2, 0) is 0 Å². The van der Waals surface area contributed by atoms with Gasteiger partial charge >= 0.3 is 0 Å². The van der Waals surface area contributed by atoms with E-state index in [4.69, 9.17) is 0 Å². The Balaban J connectivity index is 1.19. The zero-order valence-electron chi connectivity index (χ0n) is 26.7. The predicted octanol–water partition coefficient (Wildman–Crippen LogP) is 10.8. The van der Waals surface area contributed by atoms with Crippen LogP contribution in [-0.4, -0.2) is 9.13 Å². The van der Waals surface area contributed by atoms with Crippen LogP contribution in [0.2, 0.25) is 0 Å². The van der Waals surface area contributed by atoms with Gasteiger partial charge in [0.1, 0.15) is 6.07 Å². The van der Waals surface area contributed by atoms with Gasteiger partial charge in [-0.05, 0) is 77.4 Å². The van der Waals surface area contributed by atoms with Crippen LogP contribution in [0.5, 0.6) is 0 Å². The lowest BCUT2D eigenvalue weighted by Crippen LogP contribution is -2.00. The van der Waals surface area contributed by atoms with Crippen LogP contribution in [0.4, 0.5) is 0 Å². The predicted molar refractivity (Wildman–Crippen MR) is 200 cm³/mol. The molecule has 9 aromatic rings. The summed E-state index contributed by atoms with van der Waals surface area (Å²) in [6.45, 7) is 0. The molecule has 7 aromatic carbocycles. The van der Waals surface area contributed by atoms with Gasteiger partial charge in [0, 0.05) is 32.8 Å². The van der Waals surface area contributed by atoms with Crippen LogP contribution < -0.4 is 0 Å². The van der Waals surface area contributed by atoms with Crippen molar-refractivity contribution in [1.29, 1.82) is 15.8 Å². The lowest BCUT2D eigenvalue weighted by Gasteiger charge is -2.16. The first kappa shape index (κ1) is 28.8. The zero-order valence-corrected chi connectivity index (χ0v) is 26.7. The van der Waals surface area contributed by atoms with E-state index in [1.807, 2.05) is 42.5 Å². The molecule has 0 N–H and O–H groups in total. The van der Waals surface area contributed by atoms with Crippen molar-refractivity contribution in [3.63, 3.8) is 0 Å². The third kappa shape index (κ3) is 4.38. The highest BCUT2D eigenvalue weighted by atomic mass is 15.0. The number of para-hydroxylation sites is 3. The Morgan fingerprint density at radius 1 is 0.400 bits per heavy atom. The minimum absolute atomic E-state index is 0.514. The molecule has 0 fully saturated rings. The van der Waals surface area contributed by atoms with E-state index in [1.54, 1.807) is 12.1 Å². The fraction of sp³-hybridized carbons (Fsp3) is 0. The average molecular weight is 636 g/mol. The maximum absolute atomic E-state index is 10.2. The summed E-state index contributed by atoms with van der Waals surface area (Å²) in [5.41, 5.74) is 11.5. The molecule has 0 aliphatic carbocycles. The maximum atomic E-state index is 10.2. The summed E-state index contributed by atoms with van der Waals surface area (Å²) in [6, 6.07) is 58.0. The second kappa shape index (κ2) is 11.4. The highest BCUT2D eigenvalue weighted by Crippen LogP contribution is 2.39. The number of aromatic nitrogens is 2. The Hall–Kier alpha value is -7.39. The number of fused-ring (bicyclic) bond motifs is 6. The van der Waals surface area contributed by atoms with Crippen molar-refractivity contribution in [2.45, 2.75) is 0 Å². The summed E-state index contributed by atoms with van der Waals surface area (Å²) < 4.78 is 4.38. The summed E-state index contributed by atoms with van der Waals surface area (Å²) in [6.07, 6.45) is 0. The molecule has 0 saturated carbocycles. The van der Waals surface area contributed by atoms with Crippen molar-refractivity contribution in [2.75, 3.05) is 0 Å². The molecule has 0 saturated heterocycles. The van der Waals surface area contributed by atoms with E-state index in [1.165, 1.54) is 21.8 Å². The number of nitriles is 3. The summed E-state index contributed by atoms with van der Waals surface area (Å²) in [7, 11) is 0. The third-order valence-electron chi connectivity index (χ3n) is 9.62. The Labute approximate surface area is 287 Å². The third-order valence-corrected chi connectivity index (χ3v) is 9.62. The van der Waals surface area contributed by atoms with Gasteiger partial charge in [-0.25, -0.2) is 0 Å². The largest absolute Gasteiger partial charge is 0.309 e. The summed E-state index contributed by atoms with van der Waals surface area (Å²) in [5.74, 6) is 0. The minimum atomic E-state index is 0.514. The molecule has 0 amide bonds. The molecule has 2 heterocycles. The van der Waals surface area contributed by atoms with E-state index >= 15 is 0 Å². The lowest BCUT2D eigenvalue weighted by molar-refractivity contribution is 1.17. The molecule has 0 unspecified atom stereocenters. The summed E-state index contributed by atoms with van der Waals surface area (Å²) >= 11 is 0. The van der Waals surface area contributed by atoms with Crippen LogP contribution in [0.1, 0.15) is 16.7 Å². The van der Waals surface area contributed by atoms with E-state index in [0.29, 0.717) is 16.7 Å². The second-order valence-electron chi connectivity index (χ2n) is 12.3. The first-order valence-electron chi connectivity index (χ1n) is 16.3. The number of benzene rings is 7. The van der Waals surface area contributed by atoms with Crippen molar-refractivity contribution < 1.29 is 0 Å². The van der Waals surface area contributed by atoms with E-state index < -0.39 is 0 Å². The molecule has 5 heteroatoms. The van der Waals surface area contributed by atoms with Crippen molar-refractivity contribution >= 4 is 43.6 Å². The Morgan fingerprint density at radius 2 is 1.02 bits per heavy atom. The number of hydrogen-bond donors (Lipinski definition) is 0. The van der Waals surface area contributed by atoms with Gasteiger partial charge in [0.25, 0.3) is 0 Å². The van der Waals surface area contributed by atoms with Gasteiger partial charge in [-0.2, -0.15) is 15.8 Å². The molecule has 0 aliphatic heterocycles. The highest BCUT2D eigenvalue weighted by molar-refractivity contribution is 6.12. The minimum Gasteiger partial charge on any atom is -0.309 e. The molecule has 0 aliphatic rings. The molecule has 230 valence electrons. The Morgan fingerprint density at radius 3 is 1.74 bits per heavy atom. The number of nitrogens with zero attached hydrogens (tertiary/aromatic N) is 5. The molecule has 0 atom stereocenters. The van der Waals surface area contributed by atoms with Crippen molar-refractivity contribution in [2.24, 2.45) is 0 Å². The SMILES string of the molecule is N#Cc1ccc(-c2ccc(-c3cccc(-n4c5ccccc5c5ccccc54)c3)cc2)c(-n2c3ccc(C#N)cc3c3cccc(C#N)c32)c1. The molecule has 2 aromatic heterocycles. The highest BCUT2D eigenvalue weighted by Gasteiger charge is 2.20. The molecular weight excluding hydrogens is 611 g/mol. The zero-order chi connectivity index (χ0) is 33.8. The van der Waals surface area contributed by atoms with Gasteiger partial charge in [-0.1, -0.05) is 91.0 Å². The van der Waals surface area contributed by atoms with Crippen LogP contribution in [0.15, 0.2) is 152 Å². The van der Waals surface area contributed by atoms with Crippen LogP contribution in [0, 0.1) is 34.0 Å². The average Bonchev–Trinajstić information content (AvgIpc) is 3.70. The molecule has 0 bridgehead atoms. The fourth-order valence-corrected chi connectivity index (χ4v) is 7.38. The standard InChI is InChI=1S/C45H25N5/c46-26-29-16-22-43-40(23-29)39-12-6-8-34(28-48)45(39)50(43)44-24-30(27-47)15-21-36(44)32-19-17-31(18-20-32)33-7-5-9-35(25-33)49-41-13-3-1-10-37(41)38-11-2-4-14-42(38)49/h1-25H. The maximum Gasteiger partial charge on any atom is 0.101 e. The van der Waals surface area contributed by atoms with Gasteiger partial charge in [0.2, 0.25) is 0 Å².